The fourth-order valence-electron chi connectivity index (χ4n) is 1.89. The number of nitrogens with zero attached hydrogens (tertiary/aromatic N) is 1. The zero-order valence-corrected chi connectivity index (χ0v) is 12.9. The van der Waals surface area contributed by atoms with Crippen molar-refractivity contribution in [1.82, 2.24) is 10.9 Å². The number of amides is 2. The molecule has 5 heteroatoms. The maximum atomic E-state index is 12.1. The highest BCUT2D eigenvalue weighted by Crippen LogP contribution is 2.13. The summed E-state index contributed by atoms with van der Waals surface area (Å²) in [5.74, 6) is -0.707. The van der Waals surface area contributed by atoms with E-state index in [2.05, 4.69) is 10.9 Å². The molecule has 2 aromatic carbocycles. The number of hydrogen-bond acceptors (Lipinski definition) is 3. The molecule has 0 saturated heterocycles. The lowest BCUT2D eigenvalue weighted by Crippen LogP contribution is -2.41. The summed E-state index contributed by atoms with van der Waals surface area (Å²) in [7, 11) is 3.80. The van der Waals surface area contributed by atoms with Crippen LogP contribution < -0.4 is 15.8 Å². The summed E-state index contributed by atoms with van der Waals surface area (Å²) in [6, 6.07) is 14.3. The second kappa shape index (κ2) is 6.76. The third-order valence-corrected chi connectivity index (χ3v) is 3.23. The summed E-state index contributed by atoms with van der Waals surface area (Å²) in [6.45, 7) is 1.95. The van der Waals surface area contributed by atoms with Crippen LogP contribution in [0.1, 0.15) is 26.3 Å². The molecule has 0 unspecified atom stereocenters. The fraction of sp³-hybridized carbons (Fsp3) is 0.176. The Hall–Kier alpha value is -2.82. The van der Waals surface area contributed by atoms with Gasteiger partial charge in [-0.05, 0) is 37.3 Å². The van der Waals surface area contributed by atoms with Gasteiger partial charge in [0.05, 0.1) is 0 Å². The van der Waals surface area contributed by atoms with Crippen LogP contribution in [0.3, 0.4) is 0 Å². The first-order chi connectivity index (χ1) is 10.5. The lowest BCUT2D eigenvalue weighted by molar-refractivity contribution is 0.0846. The average Bonchev–Trinajstić information content (AvgIpc) is 2.53. The molecule has 2 rings (SSSR count). The molecule has 0 radical (unpaired) electrons. The number of anilines is 1. The highest BCUT2D eigenvalue weighted by molar-refractivity contribution is 5.99. The van der Waals surface area contributed by atoms with Crippen LogP contribution in [0.2, 0.25) is 0 Å². The van der Waals surface area contributed by atoms with Crippen molar-refractivity contribution in [3.63, 3.8) is 0 Å². The minimum Gasteiger partial charge on any atom is -0.378 e. The maximum Gasteiger partial charge on any atom is 0.269 e. The lowest BCUT2D eigenvalue weighted by Gasteiger charge is -2.13. The van der Waals surface area contributed by atoms with Crippen molar-refractivity contribution in [2.45, 2.75) is 6.92 Å². The number of hydrazine groups is 1. The maximum absolute atomic E-state index is 12.1. The van der Waals surface area contributed by atoms with Gasteiger partial charge < -0.3 is 4.90 Å². The van der Waals surface area contributed by atoms with E-state index in [1.54, 1.807) is 30.3 Å². The van der Waals surface area contributed by atoms with E-state index < -0.39 is 0 Å². The van der Waals surface area contributed by atoms with Crippen LogP contribution in [0.4, 0.5) is 5.69 Å². The van der Waals surface area contributed by atoms with E-state index >= 15 is 0 Å². The monoisotopic (exact) mass is 297 g/mol. The normalized spacial score (nSPS) is 9.95. The third kappa shape index (κ3) is 3.85. The van der Waals surface area contributed by atoms with E-state index in [4.69, 9.17) is 0 Å². The molecule has 2 amide bonds. The summed E-state index contributed by atoms with van der Waals surface area (Å²) in [5.41, 5.74) is 7.79. The number of carbonyl (C=O) groups is 2. The SMILES string of the molecule is Cc1ccc(C(=O)NNC(=O)c2cccc(N(C)C)c2)cc1. The zero-order valence-electron chi connectivity index (χ0n) is 12.9. The minimum absolute atomic E-state index is 0.350. The molecule has 0 atom stereocenters. The van der Waals surface area contributed by atoms with Crippen LogP contribution in [0.25, 0.3) is 0 Å². The van der Waals surface area contributed by atoms with Gasteiger partial charge in [0.2, 0.25) is 0 Å². The molecular formula is C17H19N3O2. The number of nitrogens with one attached hydrogen (secondary N) is 2. The van der Waals surface area contributed by atoms with Gasteiger partial charge >= 0.3 is 0 Å². The average molecular weight is 297 g/mol. The van der Waals surface area contributed by atoms with Gasteiger partial charge in [0.15, 0.2) is 0 Å². The van der Waals surface area contributed by atoms with E-state index in [1.165, 1.54) is 0 Å². The molecule has 5 nitrogen and oxygen atoms in total. The van der Waals surface area contributed by atoms with Crippen molar-refractivity contribution >= 4 is 17.5 Å². The van der Waals surface area contributed by atoms with Crippen LogP contribution in [0, 0.1) is 6.92 Å². The quantitative estimate of drug-likeness (QED) is 0.853. The number of rotatable bonds is 3. The second-order valence-electron chi connectivity index (χ2n) is 5.22. The second-order valence-corrected chi connectivity index (χ2v) is 5.22. The standard InChI is InChI=1S/C17H19N3O2/c1-12-7-9-13(10-8-12)16(21)18-19-17(22)14-5-4-6-15(11-14)20(2)3/h4-11H,1-3H3,(H,18,21)(H,19,22). The molecule has 2 aromatic rings. The predicted octanol–water partition coefficient (Wildman–Crippen LogP) is 2.14. The Labute approximate surface area is 129 Å². The summed E-state index contributed by atoms with van der Waals surface area (Å²) >= 11 is 0. The van der Waals surface area contributed by atoms with E-state index in [0.29, 0.717) is 11.1 Å². The van der Waals surface area contributed by atoms with Gasteiger partial charge in [-0.2, -0.15) is 0 Å². The third-order valence-electron chi connectivity index (χ3n) is 3.23. The smallest absolute Gasteiger partial charge is 0.269 e. The van der Waals surface area contributed by atoms with E-state index in [0.717, 1.165) is 11.3 Å². The van der Waals surface area contributed by atoms with Gasteiger partial charge in [-0.1, -0.05) is 23.8 Å². The minimum atomic E-state index is -0.357. The van der Waals surface area contributed by atoms with Crippen molar-refractivity contribution in [3.05, 3.63) is 65.2 Å². The first-order valence-electron chi connectivity index (χ1n) is 6.92. The number of aryl methyl sites for hydroxylation is 1. The Morgan fingerprint density at radius 2 is 1.45 bits per heavy atom. The molecule has 0 aliphatic heterocycles. The van der Waals surface area contributed by atoms with Crippen LogP contribution in [-0.2, 0) is 0 Å². The Morgan fingerprint density at radius 1 is 0.864 bits per heavy atom. The Balaban J connectivity index is 1.99. The van der Waals surface area contributed by atoms with Crippen molar-refractivity contribution < 1.29 is 9.59 Å². The number of benzene rings is 2. The van der Waals surface area contributed by atoms with Crippen LogP contribution >= 0.6 is 0 Å². The highest BCUT2D eigenvalue weighted by Gasteiger charge is 2.09. The zero-order chi connectivity index (χ0) is 16.1. The molecule has 22 heavy (non-hydrogen) atoms. The van der Waals surface area contributed by atoms with Gasteiger partial charge in [-0.25, -0.2) is 0 Å². The Morgan fingerprint density at radius 3 is 2.05 bits per heavy atom. The summed E-state index contributed by atoms with van der Waals surface area (Å²) in [4.78, 5) is 25.9. The van der Waals surface area contributed by atoms with E-state index in [1.807, 2.05) is 44.1 Å². The van der Waals surface area contributed by atoms with Crippen molar-refractivity contribution in [2.75, 3.05) is 19.0 Å². The van der Waals surface area contributed by atoms with Gasteiger partial charge in [0.25, 0.3) is 11.8 Å². The first kappa shape index (κ1) is 15.6. The number of carbonyl (C=O) groups excluding carboxylic acids is 2. The van der Waals surface area contributed by atoms with Crippen LogP contribution in [-0.4, -0.2) is 25.9 Å². The summed E-state index contributed by atoms with van der Waals surface area (Å²) in [5, 5.41) is 0. The van der Waals surface area contributed by atoms with Gasteiger partial charge in [-0.15, -0.1) is 0 Å². The van der Waals surface area contributed by atoms with Crippen LogP contribution in [0.15, 0.2) is 48.5 Å². The van der Waals surface area contributed by atoms with Gasteiger partial charge in [0, 0.05) is 30.9 Å². The van der Waals surface area contributed by atoms with Gasteiger partial charge in [0.1, 0.15) is 0 Å². The van der Waals surface area contributed by atoms with Crippen molar-refractivity contribution in [1.29, 1.82) is 0 Å². The molecule has 0 bridgehead atoms. The molecule has 0 fully saturated rings. The summed E-state index contributed by atoms with van der Waals surface area (Å²) < 4.78 is 0. The van der Waals surface area contributed by atoms with Crippen molar-refractivity contribution in [2.24, 2.45) is 0 Å². The topological polar surface area (TPSA) is 61.4 Å². The molecule has 114 valence electrons. The molecule has 2 N–H and O–H groups in total. The van der Waals surface area contributed by atoms with Gasteiger partial charge in [-0.3, -0.25) is 20.4 Å². The molecule has 0 heterocycles. The Kier molecular flexibility index (Phi) is 4.78. The molecule has 0 spiro atoms. The van der Waals surface area contributed by atoms with E-state index in [-0.39, 0.29) is 11.8 Å². The number of hydrogen-bond donors (Lipinski definition) is 2. The Bertz CT molecular complexity index is 679. The predicted molar refractivity (Wildman–Crippen MR) is 86.9 cm³/mol. The lowest BCUT2D eigenvalue weighted by atomic mass is 10.1. The molecule has 0 aliphatic rings. The highest BCUT2D eigenvalue weighted by atomic mass is 16.2. The summed E-state index contributed by atoms with van der Waals surface area (Å²) in [6.07, 6.45) is 0. The molecular weight excluding hydrogens is 278 g/mol. The molecule has 0 aliphatic carbocycles. The first-order valence-corrected chi connectivity index (χ1v) is 6.92. The largest absolute Gasteiger partial charge is 0.378 e. The molecule has 0 aromatic heterocycles. The fourth-order valence-corrected chi connectivity index (χ4v) is 1.89. The van der Waals surface area contributed by atoms with E-state index in [9.17, 15) is 9.59 Å². The van der Waals surface area contributed by atoms with Crippen LogP contribution in [0.5, 0.6) is 0 Å². The van der Waals surface area contributed by atoms with Crippen molar-refractivity contribution in [3.8, 4) is 0 Å². The molecule has 0 saturated carbocycles.